The minimum atomic E-state index is -7.06. The summed E-state index contributed by atoms with van der Waals surface area (Å²) in [4.78, 5) is 11.0. The molecule has 1 aromatic rings. The Morgan fingerprint density at radius 2 is 1.25 bits per heavy atom. The van der Waals surface area contributed by atoms with Crippen LogP contribution in [0, 0.1) is 0 Å². The van der Waals surface area contributed by atoms with Crippen molar-refractivity contribution in [2.45, 2.75) is 23.0 Å². The molecule has 0 saturated heterocycles. The van der Waals surface area contributed by atoms with Gasteiger partial charge in [-0.1, -0.05) is 30.3 Å². The molecule has 0 fully saturated rings. The molecule has 0 aliphatic carbocycles. The van der Waals surface area contributed by atoms with E-state index in [1.807, 2.05) is 0 Å². The van der Waals surface area contributed by atoms with Crippen LogP contribution in [0.5, 0.6) is 0 Å². The molecule has 13 heteroatoms. The molecule has 0 heterocycles. The lowest BCUT2D eigenvalue weighted by atomic mass is 9.96. The number of halogens is 8. The molecule has 0 radical (unpaired) electrons. The molecular weight excluding hydrogens is 380 g/mol. The summed E-state index contributed by atoms with van der Waals surface area (Å²) in [5, 5.41) is -6.74. The van der Waals surface area contributed by atoms with Gasteiger partial charge in [-0.05, 0) is 0 Å². The molecule has 136 valence electrons. The van der Waals surface area contributed by atoms with Gasteiger partial charge in [0.2, 0.25) is 0 Å². The Bertz CT molecular complexity index is 730. The monoisotopic (exact) mass is 386 g/mol. The van der Waals surface area contributed by atoms with Gasteiger partial charge < -0.3 is 0 Å². The third-order valence-electron chi connectivity index (χ3n) is 2.79. The third-order valence-corrected chi connectivity index (χ3v) is 3.69. The zero-order chi connectivity index (χ0) is 19.2. The van der Waals surface area contributed by atoms with E-state index in [0.29, 0.717) is 12.1 Å². The summed E-state index contributed by atoms with van der Waals surface area (Å²) >= 11 is 0. The van der Waals surface area contributed by atoms with Gasteiger partial charge in [0.1, 0.15) is 0 Å². The van der Waals surface area contributed by atoms with Crippen LogP contribution in [0.15, 0.2) is 30.3 Å². The van der Waals surface area contributed by atoms with Gasteiger partial charge in [0.05, 0.1) is 0 Å². The van der Waals surface area contributed by atoms with Crippen LogP contribution in [0.25, 0.3) is 0 Å². The van der Waals surface area contributed by atoms with Crippen molar-refractivity contribution in [1.29, 1.82) is 0 Å². The minimum Gasteiger partial charge on any atom is -0.285 e. The number of hydrogen-bond donors (Lipinski definition) is 1. The predicted octanol–water partition coefficient (Wildman–Crippen LogP) is 3.10. The molecule has 1 N–H and O–H groups in total. The Morgan fingerprint density at radius 1 is 0.833 bits per heavy atom. The van der Waals surface area contributed by atoms with E-state index in [1.165, 1.54) is 0 Å². The van der Waals surface area contributed by atoms with Gasteiger partial charge in [-0.15, -0.1) is 0 Å². The second-order valence-electron chi connectivity index (χ2n) is 4.41. The number of carbonyl (C=O) groups excluding carboxylic acids is 1. The zero-order valence-electron chi connectivity index (χ0n) is 11.0. The highest BCUT2D eigenvalue weighted by Gasteiger charge is 2.78. The molecule has 0 unspecified atom stereocenters. The Hall–Kier alpha value is -1.76. The van der Waals surface area contributed by atoms with E-state index < -0.39 is 44.5 Å². The highest BCUT2D eigenvalue weighted by atomic mass is 32.2. The van der Waals surface area contributed by atoms with Crippen molar-refractivity contribution in [2.24, 2.45) is 0 Å². The molecule has 0 saturated carbocycles. The molecular formula is C11H6F8O4S. The normalized spacial score (nSPS) is 14.5. The van der Waals surface area contributed by atoms with Gasteiger partial charge in [-0.2, -0.15) is 43.5 Å². The van der Waals surface area contributed by atoms with E-state index >= 15 is 0 Å². The topological polar surface area (TPSA) is 71.4 Å². The van der Waals surface area contributed by atoms with E-state index in [2.05, 4.69) is 0 Å². The van der Waals surface area contributed by atoms with Crippen LogP contribution in [0.1, 0.15) is 5.56 Å². The fraction of sp³-hybridized carbons (Fsp3) is 0.364. The second-order valence-corrected chi connectivity index (χ2v) is 5.87. The maximum Gasteiger partial charge on any atom is 0.439 e. The van der Waals surface area contributed by atoms with E-state index in [4.69, 9.17) is 4.55 Å². The Balaban J connectivity index is 3.45. The molecule has 1 rings (SSSR count). The van der Waals surface area contributed by atoms with Crippen LogP contribution in [-0.2, 0) is 20.8 Å². The quantitative estimate of drug-likeness (QED) is 0.603. The molecule has 0 spiro atoms. The Morgan fingerprint density at radius 3 is 1.62 bits per heavy atom. The second kappa shape index (κ2) is 5.65. The molecule has 24 heavy (non-hydrogen) atoms. The number of ketones is 1. The van der Waals surface area contributed by atoms with Gasteiger partial charge in [0.25, 0.3) is 5.78 Å². The molecule has 4 nitrogen and oxygen atoms in total. The van der Waals surface area contributed by atoms with Gasteiger partial charge >= 0.3 is 33.1 Å². The molecule has 0 aliphatic rings. The number of benzene rings is 1. The fourth-order valence-corrected chi connectivity index (χ4v) is 1.88. The largest absolute Gasteiger partial charge is 0.439 e. The molecule has 0 atom stereocenters. The summed E-state index contributed by atoms with van der Waals surface area (Å²) < 4.78 is 135. The van der Waals surface area contributed by atoms with Crippen molar-refractivity contribution >= 4 is 15.9 Å². The lowest BCUT2D eigenvalue weighted by Crippen LogP contribution is -2.60. The standard InChI is InChI=1S/C11H6F8O4S/c12-8(13,6-4-2-1-3-5-6)9(14,15)7(20)10(16,17)11(18,19)24(21,22)23/h1-5H,(H,21,22,23). The van der Waals surface area contributed by atoms with E-state index in [9.17, 15) is 48.3 Å². The first-order valence-electron chi connectivity index (χ1n) is 5.60. The van der Waals surface area contributed by atoms with Crippen molar-refractivity contribution in [1.82, 2.24) is 0 Å². The first kappa shape index (κ1) is 20.3. The van der Waals surface area contributed by atoms with E-state index in [1.54, 1.807) is 0 Å². The van der Waals surface area contributed by atoms with Crippen LogP contribution < -0.4 is 0 Å². The van der Waals surface area contributed by atoms with Gasteiger partial charge in [-0.3, -0.25) is 9.35 Å². The van der Waals surface area contributed by atoms with Crippen molar-refractivity contribution in [3.8, 4) is 0 Å². The van der Waals surface area contributed by atoms with E-state index in [0.717, 1.165) is 18.2 Å². The molecule has 0 amide bonds. The maximum absolute atomic E-state index is 13.6. The van der Waals surface area contributed by atoms with Gasteiger partial charge in [-0.25, -0.2) is 0 Å². The highest BCUT2D eigenvalue weighted by Crippen LogP contribution is 2.49. The summed E-state index contributed by atoms with van der Waals surface area (Å²) in [6.07, 6.45) is 0. The summed E-state index contributed by atoms with van der Waals surface area (Å²) in [6, 6.07) is 3.23. The van der Waals surface area contributed by atoms with Crippen LogP contribution >= 0.6 is 0 Å². The number of alkyl halides is 8. The third kappa shape index (κ3) is 2.85. The van der Waals surface area contributed by atoms with Crippen molar-refractivity contribution in [2.75, 3.05) is 0 Å². The number of carbonyl (C=O) groups is 1. The first-order valence-corrected chi connectivity index (χ1v) is 7.04. The smallest absolute Gasteiger partial charge is 0.285 e. The zero-order valence-corrected chi connectivity index (χ0v) is 11.8. The Kier molecular flexibility index (Phi) is 4.78. The molecule has 0 aromatic heterocycles. The van der Waals surface area contributed by atoms with Gasteiger partial charge in [0, 0.05) is 5.56 Å². The minimum absolute atomic E-state index is 0.306. The van der Waals surface area contributed by atoms with Gasteiger partial charge in [0.15, 0.2) is 0 Å². The lowest BCUT2D eigenvalue weighted by Gasteiger charge is -2.30. The highest BCUT2D eigenvalue weighted by molar-refractivity contribution is 7.87. The SMILES string of the molecule is O=C(C(F)(F)C(F)(F)c1ccccc1)C(F)(F)C(F)(F)S(=O)(=O)O. The summed E-state index contributed by atoms with van der Waals surface area (Å²) in [7, 11) is -7.06. The summed E-state index contributed by atoms with van der Waals surface area (Å²) in [5.74, 6) is -23.3. The Labute approximate surface area is 128 Å². The maximum atomic E-state index is 13.6. The average Bonchev–Trinajstić information content (AvgIpc) is 2.45. The van der Waals surface area contributed by atoms with Crippen LogP contribution in [-0.4, -0.2) is 35.9 Å². The lowest BCUT2D eigenvalue weighted by molar-refractivity contribution is -0.244. The number of Topliss-reactive ketones (excluding diaryl/α,β-unsaturated/α-hetero) is 1. The number of hydrogen-bond acceptors (Lipinski definition) is 3. The summed E-state index contributed by atoms with van der Waals surface area (Å²) in [6.45, 7) is 0. The summed E-state index contributed by atoms with van der Waals surface area (Å²) in [5.41, 5.74) is -1.66. The van der Waals surface area contributed by atoms with Crippen LogP contribution in [0.3, 0.4) is 0 Å². The van der Waals surface area contributed by atoms with Crippen molar-refractivity contribution < 1.29 is 52.9 Å². The average molecular weight is 386 g/mol. The number of rotatable bonds is 6. The molecule has 0 aliphatic heterocycles. The molecule has 0 bridgehead atoms. The predicted molar refractivity (Wildman–Crippen MR) is 61.7 cm³/mol. The van der Waals surface area contributed by atoms with Crippen molar-refractivity contribution in [3.05, 3.63) is 35.9 Å². The van der Waals surface area contributed by atoms with Crippen LogP contribution in [0.2, 0.25) is 0 Å². The fourth-order valence-electron chi connectivity index (χ4n) is 1.46. The molecule has 1 aromatic carbocycles. The van der Waals surface area contributed by atoms with E-state index in [-0.39, 0.29) is 0 Å². The van der Waals surface area contributed by atoms with Crippen molar-refractivity contribution in [3.63, 3.8) is 0 Å². The van der Waals surface area contributed by atoms with Crippen LogP contribution in [0.4, 0.5) is 35.1 Å². The first-order chi connectivity index (χ1) is 10.5.